The van der Waals surface area contributed by atoms with E-state index in [1.54, 1.807) is 19.2 Å². The van der Waals surface area contributed by atoms with Crippen LogP contribution in [-0.2, 0) is 11.3 Å². The number of anilines is 1. The average molecular weight is 317 g/mol. The Morgan fingerprint density at radius 2 is 1.91 bits per heavy atom. The molecule has 0 heterocycles. The van der Waals surface area contributed by atoms with Crippen LogP contribution in [0.2, 0.25) is 0 Å². The van der Waals surface area contributed by atoms with Crippen molar-refractivity contribution < 1.29 is 18.8 Å². The number of hydrogen-bond donors (Lipinski definition) is 2. The number of ether oxygens (including phenoxy) is 1. The fraction of sp³-hybridized carbons (Fsp3) is 0.278. The topological polar surface area (TPSA) is 42.8 Å². The second-order valence-electron chi connectivity index (χ2n) is 5.68. The number of nitrogens with one attached hydrogen (secondary N) is 2. The van der Waals surface area contributed by atoms with E-state index in [9.17, 15) is 9.18 Å². The van der Waals surface area contributed by atoms with Crippen LogP contribution in [-0.4, -0.2) is 26.6 Å². The number of benzene rings is 2. The highest BCUT2D eigenvalue weighted by Gasteiger charge is 2.13. The minimum atomic E-state index is -0.322. The molecule has 122 valence electrons. The summed E-state index contributed by atoms with van der Waals surface area (Å²) < 4.78 is 18.2. The Morgan fingerprint density at radius 3 is 2.57 bits per heavy atom. The molecule has 5 heteroatoms. The summed E-state index contributed by atoms with van der Waals surface area (Å²) in [6.45, 7) is 3.02. The summed E-state index contributed by atoms with van der Waals surface area (Å²) in [7, 11) is 3.59. The number of quaternary nitrogens is 1. The second kappa shape index (κ2) is 7.74. The largest absolute Gasteiger partial charge is 0.496 e. The van der Waals surface area contributed by atoms with Crippen molar-refractivity contribution in [2.24, 2.45) is 0 Å². The number of rotatable bonds is 6. The normalized spacial score (nSPS) is 11.8. The van der Waals surface area contributed by atoms with Crippen LogP contribution in [0, 0.1) is 12.7 Å². The molecule has 0 aliphatic rings. The molecule has 0 aliphatic heterocycles. The summed E-state index contributed by atoms with van der Waals surface area (Å²) >= 11 is 0. The van der Waals surface area contributed by atoms with Gasteiger partial charge in [0.05, 0.1) is 14.2 Å². The third kappa shape index (κ3) is 5.07. The van der Waals surface area contributed by atoms with Crippen molar-refractivity contribution in [3.8, 4) is 5.75 Å². The third-order valence-corrected chi connectivity index (χ3v) is 3.52. The molecule has 0 bridgehead atoms. The molecule has 0 aromatic heterocycles. The highest BCUT2D eigenvalue weighted by molar-refractivity contribution is 5.91. The quantitative estimate of drug-likeness (QED) is 0.853. The van der Waals surface area contributed by atoms with Gasteiger partial charge in [-0.25, -0.2) is 4.39 Å². The molecule has 2 rings (SSSR count). The summed E-state index contributed by atoms with van der Waals surface area (Å²) in [5.41, 5.74) is 2.82. The zero-order chi connectivity index (χ0) is 16.8. The van der Waals surface area contributed by atoms with Gasteiger partial charge in [-0.05, 0) is 43.3 Å². The summed E-state index contributed by atoms with van der Waals surface area (Å²) in [6, 6.07) is 11.8. The van der Waals surface area contributed by atoms with Gasteiger partial charge in [-0.1, -0.05) is 11.6 Å². The van der Waals surface area contributed by atoms with Crippen molar-refractivity contribution in [3.05, 3.63) is 59.4 Å². The summed E-state index contributed by atoms with van der Waals surface area (Å²) in [5, 5.41) is 2.77. The first-order valence-corrected chi connectivity index (χ1v) is 7.48. The van der Waals surface area contributed by atoms with E-state index in [-0.39, 0.29) is 11.7 Å². The standard InChI is InChI=1S/C18H21FN2O2/c1-13-4-9-17(23-3)14(10-13)11-21(2)12-18(22)20-16-7-5-15(19)6-8-16/h4-10H,11-12H2,1-3H3,(H,20,22)/p+1. The van der Waals surface area contributed by atoms with Crippen LogP contribution < -0.4 is 15.0 Å². The van der Waals surface area contributed by atoms with Crippen LogP contribution in [0.5, 0.6) is 5.75 Å². The monoisotopic (exact) mass is 317 g/mol. The smallest absolute Gasteiger partial charge is 0.279 e. The van der Waals surface area contributed by atoms with Crippen LogP contribution in [0.15, 0.2) is 42.5 Å². The first-order valence-electron chi connectivity index (χ1n) is 7.48. The van der Waals surface area contributed by atoms with Crippen LogP contribution in [0.25, 0.3) is 0 Å². The first-order chi connectivity index (χ1) is 11.0. The van der Waals surface area contributed by atoms with Gasteiger partial charge in [0.25, 0.3) is 5.91 Å². The molecule has 2 N–H and O–H groups in total. The molecule has 2 aromatic carbocycles. The lowest BCUT2D eigenvalue weighted by molar-refractivity contribution is -0.885. The summed E-state index contributed by atoms with van der Waals surface area (Å²) in [6.07, 6.45) is 0. The number of likely N-dealkylation sites (N-methyl/N-ethyl adjacent to an activating group) is 1. The van der Waals surface area contributed by atoms with Gasteiger partial charge in [0.15, 0.2) is 6.54 Å². The predicted octanol–water partition coefficient (Wildman–Crippen LogP) is 1.80. The van der Waals surface area contributed by atoms with Crippen molar-refractivity contribution in [3.63, 3.8) is 0 Å². The molecule has 0 spiro atoms. The SMILES string of the molecule is COc1ccc(C)cc1C[NH+](C)CC(=O)Nc1ccc(F)cc1. The second-order valence-corrected chi connectivity index (χ2v) is 5.68. The van der Waals surface area contributed by atoms with Crippen LogP contribution >= 0.6 is 0 Å². The molecule has 4 nitrogen and oxygen atoms in total. The van der Waals surface area contributed by atoms with Crippen LogP contribution in [0.3, 0.4) is 0 Å². The number of halogens is 1. The summed E-state index contributed by atoms with van der Waals surface area (Å²) in [5.74, 6) is 0.395. The lowest BCUT2D eigenvalue weighted by Crippen LogP contribution is -3.08. The van der Waals surface area contributed by atoms with Gasteiger partial charge in [0, 0.05) is 11.3 Å². The minimum absolute atomic E-state index is 0.110. The molecule has 0 saturated carbocycles. The molecule has 2 aromatic rings. The average Bonchev–Trinajstić information content (AvgIpc) is 2.49. The lowest BCUT2D eigenvalue weighted by atomic mass is 10.1. The Morgan fingerprint density at radius 1 is 1.22 bits per heavy atom. The fourth-order valence-corrected chi connectivity index (χ4v) is 2.45. The van der Waals surface area contributed by atoms with E-state index in [1.807, 2.05) is 26.1 Å². The predicted molar refractivity (Wildman–Crippen MR) is 88.2 cm³/mol. The van der Waals surface area contributed by atoms with E-state index < -0.39 is 0 Å². The van der Waals surface area contributed by atoms with Crippen LogP contribution in [0.1, 0.15) is 11.1 Å². The minimum Gasteiger partial charge on any atom is -0.496 e. The maximum Gasteiger partial charge on any atom is 0.279 e. The first kappa shape index (κ1) is 17.0. The Balaban J connectivity index is 1.93. The van der Waals surface area contributed by atoms with Gasteiger partial charge in [0.1, 0.15) is 18.1 Å². The Hall–Kier alpha value is -2.40. The maximum absolute atomic E-state index is 12.9. The molecule has 0 radical (unpaired) electrons. The highest BCUT2D eigenvalue weighted by atomic mass is 19.1. The molecule has 0 saturated heterocycles. The maximum atomic E-state index is 12.9. The molecular weight excluding hydrogens is 295 g/mol. The number of carbonyl (C=O) groups excluding carboxylic acids is 1. The third-order valence-electron chi connectivity index (χ3n) is 3.52. The number of methoxy groups -OCH3 is 1. The van der Waals surface area contributed by atoms with E-state index >= 15 is 0 Å². The molecule has 23 heavy (non-hydrogen) atoms. The number of amides is 1. The molecule has 1 amide bonds. The molecule has 0 fully saturated rings. The zero-order valence-corrected chi connectivity index (χ0v) is 13.7. The van der Waals surface area contributed by atoms with Crippen molar-refractivity contribution in [1.29, 1.82) is 0 Å². The van der Waals surface area contributed by atoms with Gasteiger partial charge >= 0.3 is 0 Å². The van der Waals surface area contributed by atoms with Gasteiger partial charge in [0.2, 0.25) is 0 Å². The highest BCUT2D eigenvalue weighted by Crippen LogP contribution is 2.18. The van der Waals surface area contributed by atoms with E-state index in [0.29, 0.717) is 18.8 Å². The van der Waals surface area contributed by atoms with Gasteiger partial charge in [-0.3, -0.25) is 4.79 Å². The van der Waals surface area contributed by atoms with E-state index in [2.05, 4.69) is 11.4 Å². The van der Waals surface area contributed by atoms with Gasteiger partial charge < -0.3 is 15.0 Å². The van der Waals surface area contributed by atoms with Crippen LogP contribution in [0.4, 0.5) is 10.1 Å². The van der Waals surface area contributed by atoms with Gasteiger partial charge in [-0.15, -0.1) is 0 Å². The van der Waals surface area contributed by atoms with Crippen molar-refractivity contribution in [1.82, 2.24) is 0 Å². The summed E-state index contributed by atoms with van der Waals surface area (Å²) in [4.78, 5) is 13.1. The van der Waals surface area contributed by atoms with E-state index in [4.69, 9.17) is 4.74 Å². The lowest BCUT2D eigenvalue weighted by Gasteiger charge is -2.16. The van der Waals surface area contributed by atoms with E-state index in [0.717, 1.165) is 21.8 Å². The Labute approximate surface area is 135 Å². The van der Waals surface area contributed by atoms with E-state index in [1.165, 1.54) is 12.1 Å². The van der Waals surface area contributed by atoms with Crippen molar-refractivity contribution >= 4 is 11.6 Å². The zero-order valence-electron chi connectivity index (χ0n) is 13.7. The Bertz CT molecular complexity index is 671. The van der Waals surface area contributed by atoms with Crippen molar-refractivity contribution in [2.75, 3.05) is 26.0 Å². The number of aryl methyl sites for hydroxylation is 1. The molecular formula is C18H22FN2O2+. The van der Waals surface area contributed by atoms with Crippen molar-refractivity contribution in [2.45, 2.75) is 13.5 Å². The number of carbonyl (C=O) groups is 1. The van der Waals surface area contributed by atoms with Gasteiger partial charge in [-0.2, -0.15) is 0 Å². The molecule has 1 atom stereocenters. The molecule has 0 aliphatic carbocycles. The molecule has 1 unspecified atom stereocenters. The number of hydrogen-bond acceptors (Lipinski definition) is 2. The fourth-order valence-electron chi connectivity index (χ4n) is 2.45. The Kier molecular flexibility index (Phi) is 5.71.